The van der Waals surface area contributed by atoms with E-state index in [2.05, 4.69) is 15.5 Å². The van der Waals surface area contributed by atoms with Crippen molar-refractivity contribution in [3.8, 4) is 0 Å². The molecule has 0 radical (unpaired) electrons. The van der Waals surface area contributed by atoms with Gasteiger partial charge in [0.1, 0.15) is 5.82 Å². The van der Waals surface area contributed by atoms with Crippen LogP contribution in [-0.2, 0) is 0 Å². The number of carboxylic acid groups (broad SMARTS) is 1. The predicted octanol–water partition coefficient (Wildman–Crippen LogP) is 1.59. The smallest absolute Gasteiger partial charge is 0.337 e. The molecule has 5 heteroatoms. The van der Waals surface area contributed by atoms with Crippen LogP contribution in [0.5, 0.6) is 0 Å². The van der Waals surface area contributed by atoms with E-state index in [4.69, 9.17) is 5.11 Å². The van der Waals surface area contributed by atoms with Crippen LogP contribution in [-0.4, -0.2) is 22.3 Å². The van der Waals surface area contributed by atoms with Gasteiger partial charge in [-0.25, -0.2) is 9.78 Å². The first kappa shape index (κ1) is 10.2. The largest absolute Gasteiger partial charge is 0.478 e. The van der Waals surface area contributed by atoms with Crippen molar-refractivity contribution in [3.05, 3.63) is 23.9 Å². The molecule has 2 N–H and O–H groups in total. The molecule has 0 fully saturated rings. The Kier molecular flexibility index (Phi) is 3.60. The fourth-order valence-corrected chi connectivity index (χ4v) is 0.790. The molecule has 1 heterocycles. The quantitative estimate of drug-likeness (QED) is 0.562. The molecule has 0 aliphatic carbocycles. The van der Waals surface area contributed by atoms with E-state index in [1.807, 2.05) is 6.92 Å². The van der Waals surface area contributed by atoms with Gasteiger partial charge in [0.05, 0.1) is 5.56 Å². The third kappa shape index (κ3) is 2.85. The molecule has 1 aromatic rings. The number of aromatic carboxylic acids is 1. The highest BCUT2D eigenvalue weighted by Crippen LogP contribution is 2.04. The second-order valence-electron chi connectivity index (χ2n) is 2.57. The fourth-order valence-electron chi connectivity index (χ4n) is 0.790. The molecule has 0 aliphatic heterocycles. The predicted molar refractivity (Wildman–Crippen MR) is 53.6 cm³/mol. The van der Waals surface area contributed by atoms with Gasteiger partial charge in [0.2, 0.25) is 0 Å². The Hall–Kier alpha value is -1.91. The van der Waals surface area contributed by atoms with Crippen LogP contribution in [0.25, 0.3) is 0 Å². The molecule has 0 aromatic carbocycles. The summed E-state index contributed by atoms with van der Waals surface area (Å²) in [6.07, 6.45) is 3.82. The summed E-state index contributed by atoms with van der Waals surface area (Å²) < 4.78 is 0. The minimum atomic E-state index is -0.985. The molecule has 14 heavy (non-hydrogen) atoms. The van der Waals surface area contributed by atoms with Gasteiger partial charge in [-0.3, -0.25) is 5.43 Å². The molecule has 0 saturated carbocycles. The zero-order valence-corrected chi connectivity index (χ0v) is 7.77. The van der Waals surface area contributed by atoms with Crippen LogP contribution in [0, 0.1) is 0 Å². The molecule has 5 nitrogen and oxygen atoms in total. The number of carbonyl (C=O) groups is 1. The van der Waals surface area contributed by atoms with Gasteiger partial charge in [-0.15, -0.1) is 0 Å². The lowest BCUT2D eigenvalue weighted by atomic mass is 10.3. The summed E-state index contributed by atoms with van der Waals surface area (Å²) in [6, 6.07) is 3.04. The minimum absolute atomic E-state index is 0.162. The van der Waals surface area contributed by atoms with E-state index in [0.717, 1.165) is 6.42 Å². The second kappa shape index (κ2) is 4.96. The topological polar surface area (TPSA) is 74.6 Å². The number of carboxylic acids is 1. The van der Waals surface area contributed by atoms with E-state index in [9.17, 15) is 4.79 Å². The molecule has 74 valence electrons. The first-order chi connectivity index (χ1) is 6.74. The van der Waals surface area contributed by atoms with Crippen LogP contribution < -0.4 is 5.43 Å². The highest BCUT2D eigenvalue weighted by atomic mass is 16.4. The number of hydrazone groups is 1. The summed E-state index contributed by atoms with van der Waals surface area (Å²) in [4.78, 5) is 14.3. The Morgan fingerprint density at radius 1 is 1.71 bits per heavy atom. The number of aromatic nitrogens is 1. The van der Waals surface area contributed by atoms with E-state index in [1.54, 1.807) is 12.3 Å². The lowest BCUT2D eigenvalue weighted by molar-refractivity contribution is 0.0696. The van der Waals surface area contributed by atoms with Crippen molar-refractivity contribution < 1.29 is 9.90 Å². The van der Waals surface area contributed by atoms with Crippen molar-refractivity contribution in [2.75, 3.05) is 5.43 Å². The van der Waals surface area contributed by atoms with Crippen LogP contribution in [0.3, 0.4) is 0 Å². The summed E-state index contributed by atoms with van der Waals surface area (Å²) >= 11 is 0. The Morgan fingerprint density at radius 3 is 3.00 bits per heavy atom. The highest BCUT2D eigenvalue weighted by molar-refractivity contribution is 5.87. The Labute approximate surface area is 81.5 Å². The van der Waals surface area contributed by atoms with E-state index < -0.39 is 5.97 Å². The molecule has 1 aromatic heterocycles. The average molecular weight is 193 g/mol. The van der Waals surface area contributed by atoms with Gasteiger partial charge in [-0.2, -0.15) is 5.10 Å². The Bertz CT molecular complexity index is 332. The highest BCUT2D eigenvalue weighted by Gasteiger charge is 2.01. The standard InChI is InChI=1S/C9H11N3O2/c1-2-5-11-12-8-4-3-7(6-10-8)9(13)14/h3-6H,2H2,1H3,(H,10,12)(H,13,14)/b11-5+. The summed E-state index contributed by atoms with van der Waals surface area (Å²) in [5.74, 6) is -0.458. The van der Waals surface area contributed by atoms with Crippen molar-refractivity contribution >= 4 is 18.0 Å². The zero-order valence-electron chi connectivity index (χ0n) is 7.77. The van der Waals surface area contributed by atoms with Crippen LogP contribution in [0.15, 0.2) is 23.4 Å². The van der Waals surface area contributed by atoms with E-state index in [-0.39, 0.29) is 5.56 Å². The molecule has 0 unspecified atom stereocenters. The minimum Gasteiger partial charge on any atom is -0.478 e. The summed E-state index contributed by atoms with van der Waals surface area (Å²) in [5, 5.41) is 12.4. The molecule has 0 spiro atoms. The van der Waals surface area contributed by atoms with E-state index >= 15 is 0 Å². The Morgan fingerprint density at radius 2 is 2.50 bits per heavy atom. The van der Waals surface area contributed by atoms with E-state index in [1.165, 1.54) is 12.3 Å². The van der Waals surface area contributed by atoms with Gasteiger partial charge in [-0.1, -0.05) is 6.92 Å². The van der Waals surface area contributed by atoms with Gasteiger partial charge < -0.3 is 5.11 Å². The number of hydrogen-bond acceptors (Lipinski definition) is 4. The van der Waals surface area contributed by atoms with Crippen LogP contribution in [0.4, 0.5) is 5.82 Å². The maximum absolute atomic E-state index is 10.5. The summed E-state index contributed by atoms with van der Waals surface area (Å²) in [5.41, 5.74) is 2.84. The number of hydrogen-bond donors (Lipinski definition) is 2. The van der Waals surface area contributed by atoms with Gasteiger partial charge >= 0.3 is 5.97 Å². The lowest BCUT2D eigenvalue weighted by Crippen LogP contribution is -1.98. The van der Waals surface area contributed by atoms with Gasteiger partial charge in [0.25, 0.3) is 0 Å². The average Bonchev–Trinajstić information content (AvgIpc) is 2.19. The molecular formula is C9H11N3O2. The van der Waals surface area contributed by atoms with Crippen LogP contribution in [0.2, 0.25) is 0 Å². The summed E-state index contributed by atoms with van der Waals surface area (Å²) in [6.45, 7) is 1.96. The molecule has 0 bridgehead atoms. The fraction of sp³-hybridized carbons (Fsp3) is 0.222. The Balaban J connectivity index is 2.64. The SMILES string of the molecule is CC/C=N/Nc1ccc(C(=O)O)cn1. The van der Waals surface area contributed by atoms with Gasteiger partial charge in [-0.05, 0) is 18.6 Å². The first-order valence-corrected chi connectivity index (χ1v) is 4.21. The lowest BCUT2D eigenvalue weighted by Gasteiger charge is -1.98. The zero-order chi connectivity index (χ0) is 10.4. The number of rotatable bonds is 4. The number of nitrogens with zero attached hydrogens (tertiary/aromatic N) is 2. The van der Waals surface area contributed by atoms with Crippen molar-refractivity contribution in [1.82, 2.24) is 4.98 Å². The van der Waals surface area contributed by atoms with Crippen molar-refractivity contribution in [2.24, 2.45) is 5.10 Å². The third-order valence-electron chi connectivity index (χ3n) is 1.46. The van der Waals surface area contributed by atoms with Crippen molar-refractivity contribution in [1.29, 1.82) is 0 Å². The van der Waals surface area contributed by atoms with E-state index in [0.29, 0.717) is 5.82 Å². The van der Waals surface area contributed by atoms with Gasteiger partial charge in [0.15, 0.2) is 0 Å². The molecule has 0 aliphatic rings. The number of anilines is 1. The summed E-state index contributed by atoms with van der Waals surface area (Å²) in [7, 11) is 0. The monoisotopic (exact) mass is 193 g/mol. The normalized spacial score (nSPS) is 10.4. The number of pyridine rings is 1. The van der Waals surface area contributed by atoms with Crippen LogP contribution >= 0.6 is 0 Å². The molecule has 0 saturated heterocycles. The molecule has 0 atom stereocenters. The third-order valence-corrected chi connectivity index (χ3v) is 1.46. The first-order valence-electron chi connectivity index (χ1n) is 4.21. The molecular weight excluding hydrogens is 182 g/mol. The van der Waals surface area contributed by atoms with Crippen molar-refractivity contribution in [3.63, 3.8) is 0 Å². The van der Waals surface area contributed by atoms with Crippen LogP contribution in [0.1, 0.15) is 23.7 Å². The maximum atomic E-state index is 10.5. The number of nitrogens with one attached hydrogen (secondary N) is 1. The second-order valence-corrected chi connectivity index (χ2v) is 2.57. The molecule has 1 rings (SSSR count). The van der Waals surface area contributed by atoms with Gasteiger partial charge in [0, 0.05) is 12.4 Å². The van der Waals surface area contributed by atoms with Crippen molar-refractivity contribution in [2.45, 2.75) is 13.3 Å². The molecule has 0 amide bonds. The maximum Gasteiger partial charge on any atom is 0.337 e.